The highest BCUT2D eigenvalue weighted by atomic mass is 35.5. The van der Waals surface area contributed by atoms with Crippen LogP contribution in [0.4, 0.5) is 0 Å². The Hall–Kier alpha value is -1.17. The molecular weight excluding hydrogens is 261 g/mol. The second kappa shape index (κ2) is 5.95. The number of fused-ring (bicyclic) bond motifs is 1. The normalized spacial score (nSPS) is 13.2. The lowest BCUT2D eigenvalue weighted by atomic mass is 10.3. The van der Waals surface area contributed by atoms with Crippen LogP contribution in [0, 0.1) is 0 Å². The van der Waals surface area contributed by atoms with Crippen LogP contribution < -0.4 is 5.32 Å². The Kier molecular flexibility index (Phi) is 4.86. The van der Waals surface area contributed by atoms with Gasteiger partial charge in [0, 0.05) is 19.3 Å². The van der Waals surface area contributed by atoms with Crippen molar-refractivity contribution in [3.8, 4) is 11.5 Å². The Balaban J connectivity index is 0.000000722. The van der Waals surface area contributed by atoms with Crippen molar-refractivity contribution in [3.63, 3.8) is 0 Å². The van der Waals surface area contributed by atoms with Crippen molar-refractivity contribution >= 4 is 24.8 Å². The van der Waals surface area contributed by atoms with Crippen molar-refractivity contribution in [1.29, 1.82) is 0 Å². The Morgan fingerprint density at radius 1 is 1.18 bits per heavy atom. The van der Waals surface area contributed by atoms with Crippen LogP contribution in [0.1, 0.15) is 5.82 Å². The molecule has 0 aromatic carbocycles. The first-order valence-corrected chi connectivity index (χ1v) is 4.99. The van der Waals surface area contributed by atoms with Crippen LogP contribution in [-0.2, 0) is 13.1 Å². The molecule has 92 valence electrons. The molecule has 3 rings (SSSR count). The van der Waals surface area contributed by atoms with E-state index in [2.05, 4.69) is 25.1 Å². The van der Waals surface area contributed by atoms with Gasteiger partial charge in [-0.25, -0.2) is 0 Å². The summed E-state index contributed by atoms with van der Waals surface area (Å²) in [4.78, 5) is 4.29. The fourth-order valence-corrected chi connectivity index (χ4v) is 1.78. The molecule has 1 N–H and O–H groups in total. The van der Waals surface area contributed by atoms with Gasteiger partial charge in [-0.3, -0.25) is 4.98 Å². The average Bonchev–Trinajstić information content (AvgIpc) is 2.74. The van der Waals surface area contributed by atoms with E-state index in [4.69, 9.17) is 0 Å². The molecule has 1 aliphatic heterocycles. The first kappa shape index (κ1) is 13.9. The number of nitrogens with one attached hydrogen (secondary N) is 1. The lowest BCUT2D eigenvalue weighted by molar-refractivity contribution is 0.508. The van der Waals surface area contributed by atoms with Gasteiger partial charge in [0.2, 0.25) is 0 Å². The third kappa shape index (κ3) is 2.57. The van der Waals surface area contributed by atoms with Gasteiger partial charge in [-0.15, -0.1) is 35.0 Å². The maximum atomic E-state index is 4.29. The largest absolute Gasteiger partial charge is 0.308 e. The number of hydrogen-bond donors (Lipinski definition) is 1. The number of aromatic nitrogens is 4. The summed E-state index contributed by atoms with van der Waals surface area (Å²) in [6.45, 7) is 2.67. The monoisotopic (exact) mass is 273 g/mol. The summed E-state index contributed by atoms with van der Waals surface area (Å²) in [5.41, 5.74) is 0.887. The minimum Gasteiger partial charge on any atom is -0.308 e. The van der Waals surface area contributed by atoms with E-state index < -0.39 is 0 Å². The molecule has 7 heteroatoms. The predicted octanol–water partition coefficient (Wildman–Crippen LogP) is 1.29. The van der Waals surface area contributed by atoms with Gasteiger partial charge in [-0.1, -0.05) is 6.07 Å². The van der Waals surface area contributed by atoms with Gasteiger partial charge in [0.05, 0.1) is 6.54 Å². The number of halogens is 2. The number of rotatable bonds is 1. The van der Waals surface area contributed by atoms with E-state index in [1.807, 2.05) is 18.2 Å². The Morgan fingerprint density at radius 2 is 2.06 bits per heavy atom. The fourth-order valence-electron chi connectivity index (χ4n) is 1.78. The number of nitrogens with zero attached hydrogens (tertiary/aromatic N) is 4. The van der Waals surface area contributed by atoms with E-state index in [1.165, 1.54) is 0 Å². The highest BCUT2D eigenvalue weighted by Crippen LogP contribution is 2.16. The molecule has 5 nitrogen and oxygen atoms in total. The van der Waals surface area contributed by atoms with Gasteiger partial charge in [0.15, 0.2) is 5.82 Å². The molecule has 0 saturated heterocycles. The third-order valence-corrected chi connectivity index (χ3v) is 2.52. The number of hydrogen-bond acceptors (Lipinski definition) is 4. The Bertz CT molecular complexity index is 471. The Morgan fingerprint density at radius 3 is 2.82 bits per heavy atom. The van der Waals surface area contributed by atoms with Crippen LogP contribution in [-0.4, -0.2) is 26.3 Å². The molecule has 0 unspecified atom stereocenters. The maximum absolute atomic E-state index is 4.29. The zero-order valence-corrected chi connectivity index (χ0v) is 10.7. The quantitative estimate of drug-likeness (QED) is 0.851. The summed E-state index contributed by atoms with van der Waals surface area (Å²) in [6.07, 6.45) is 1.78. The van der Waals surface area contributed by atoms with Crippen molar-refractivity contribution in [2.45, 2.75) is 13.1 Å². The average molecular weight is 274 g/mol. The van der Waals surface area contributed by atoms with E-state index in [0.29, 0.717) is 0 Å². The molecule has 0 amide bonds. The van der Waals surface area contributed by atoms with Crippen LogP contribution in [0.2, 0.25) is 0 Å². The van der Waals surface area contributed by atoms with Crippen LogP contribution in [0.3, 0.4) is 0 Å². The summed E-state index contributed by atoms with van der Waals surface area (Å²) in [6, 6.07) is 5.82. The summed E-state index contributed by atoms with van der Waals surface area (Å²) < 4.78 is 2.12. The molecular formula is C10H13Cl2N5. The van der Waals surface area contributed by atoms with Crippen LogP contribution in [0.15, 0.2) is 24.4 Å². The molecule has 2 aromatic heterocycles. The molecule has 3 heterocycles. The highest BCUT2D eigenvalue weighted by Gasteiger charge is 2.16. The van der Waals surface area contributed by atoms with Gasteiger partial charge in [-0.2, -0.15) is 0 Å². The minimum absolute atomic E-state index is 0. The molecule has 1 aliphatic rings. The first-order chi connectivity index (χ1) is 7.45. The van der Waals surface area contributed by atoms with E-state index in [-0.39, 0.29) is 24.8 Å². The van der Waals surface area contributed by atoms with E-state index in [9.17, 15) is 0 Å². The zero-order chi connectivity index (χ0) is 10.1. The van der Waals surface area contributed by atoms with Crippen LogP contribution >= 0.6 is 24.8 Å². The molecule has 0 saturated carbocycles. The van der Waals surface area contributed by atoms with E-state index >= 15 is 0 Å². The minimum atomic E-state index is 0. The van der Waals surface area contributed by atoms with Crippen molar-refractivity contribution in [1.82, 2.24) is 25.1 Å². The Labute approximate surface area is 111 Å². The summed E-state index contributed by atoms with van der Waals surface area (Å²) in [5, 5.41) is 11.6. The molecule has 0 atom stereocenters. The topological polar surface area (TPSA) is 55.6 Å². The van der Waals surface area contributed by atoms with E-state index in [1.54, 1.807) is 6.20 Å². The SMILES string of the molecule is Cl.Cl.c1ccc(-c2nnc3n2CCNC3)nc1. The van der Waals surface area contributed by atoms with Gasteiger partial charge >= 0.3 is 0 Å². The zero-order valence-electron chi connectivity index (χ0n) is 9.04. The molecule has 2 aromatic rings. The van der Waals surface area contributed by atoms with Gasteiger partial charge < -0.3 is 9.88 Å². The van der Waals surface area contributed by atoms with Crippen molar-refractivity contribution < 1.29 is 0 Å². The standard InChI is InChI=1S/C10H11N5.2ClH/c1-2-4-12-8(3-1)10-14-13-9-7-11-5-6-15(9)10;;/h1-4,11H,5-7H2;2*1H. The molecule has 0 bridgehead atoms. The molecule has 0 radical (unpaired) electrons. The van der Waals surface area contributed by atoms with Crippen molar-refractivity contribution in [2.75, 3.05) is 6.54 Å². The summed E-state index contributed by atoms with van der Waals surface area (Å²) in [7, 11) is 0. The van der Waals surface area contributed by atoms with Gasteiger partial charge in [-0.05, 0) is 12.1 Å². The maximum Gasteiger partial charge on any atom is 0.182 e. The van der Waals surface area contributed by atoms with Crippen LogP contribution in [0.5, 0.6) is 0 Å². The fraction of sp³-hybridized carbons (Fsp3) is 0.300. The lowest BCUT2D eigenvalue weighted by Gasteiger charge is -2.15. The van der Waals surface area contributed by atoms with Gasteiger partial charge in [0.25, 0.3) is 0 Å². The first-order valence-electron chi connectivity index (χ1n) is 4.99. The third-order valence-electron chi connectivity index (χ3n) is 2.52. The lowest BCUT2D eigenvalue weighted by Crippen LogP contribution is -2.28. The van der Waals surface area contributed by atoms with E-state index in [0.717, 1.165) is 37.0 Å². The summed E-state index contributed by atoms with van der Waals surface area (Å²) in [5.74, 6) is 1.86. The molecule has 17 heavy (non-hydrogen) atoms. The molecule has 0 aliphatic carbocycles. The molecule has 0 fully saturated rings. The van der Waals surface area contributed by atoms with Crippen molar-refractivity contribution in [2.24, 2.45) is 0 Å². The van der Waals surface area contributed by atoms with Gasteiger partial charge in [0.1, 0.15) is 11.5 Å². The predicted molar refractivity (Wildman–Crippen MR) is 69.5 cm³/mol. The second-order valence-electron chi connectivity index (χ2n) is 3.48. The smallest absolute Gasteiger partial charge is 0.182 e. The molecule has 0 spiro atoms. The second-order valence-corrected chi connectivity index (χ2v) is 3.48. The summed E-state index contributed by atoms with van der Waals surface area (Å²) >= 11 is 0. The van der Waals surface area contributed by atoms with Crippen molar-refractivity contribution in [3.05, 3.63) is 30.2 Å². The highest BCUT2D eigenvalue weighted by molar-refractivity contribution is 5.85. The number of pyridine rings is 1. The van der Waals surface area contributed by atoms with Crippen LogP contribution in [0.25, 0.3) is 11.5 Å².